The van der Waals surface area contributed by atoms with Crippen LogP contribution in [0.25, 0.3) is 0 Å². The van der Waals surface area contributed by atoms with E-state index in [1.54, 1.807) is 28.8 Å². The van der Waals surface area contributed by atoms with E-state index in [4.69, 9.17) is 9.47 Å². The third kappa shape index (κ3) is 5.23. The molecular weight excluding hydrogens is 428 g/mol. The monoisotopic (exact) mass is 452 g/mol. The molecule has 9 heteroatoms. The number of anilines is 1. The van der Waals surface area contributed by atoms with E-state index in [2.05, 4.69) is 22.1 Å². The lowest BCUT2D eigenvalue weighted by molar-refractivity contribution is -0.113. The minimum Gasteiger partial charge on any atom is -0.490 e. The maximum absolute atomic E-state index is 12.9. The lowest BCUT2D eigenvalue weighted by Gasteiger charge is -2.11. The molecule has 2 heterocycles. The van der Waals surface area contributed by atoms with Gasteiger partial charge in [0.05, 0.1) is 13.2 Å². The van der Waals surface area contributed by atoms with Gasteiger partial charge in [-0.3, -0.25) is 13.6 Å². The zero-order valence-electron chi connectivity index (χ0n) is 17.5. The predicted octanol–water partition coefficient (Wildman–Crippen LogP) is 2.96. The number of fused-ring (bicyclic) bond motifs is 1. The van der Waals surface area contributed by atoms with Gasteiger partial charge < -0.3 is 14.8 Å². The first-order valence-electron chi connectivity index (χ1n) is 10.3. The number of benzene rings is 2. The molecule has 0 radical (unpaired) electrons. The van der Waals surface area contributed by atoms with E-state index >= 15 is 0 Å². The lowest BCUT2D eigenvalue weighted by atomic mass is 10.1. The predicted molar refractivity (Wildman–Crippen MR) is 121 cm³/mol. The van der Waals surface area contributed by atoms with Gasteiger partial charge in [-0.1, -0.05) is 36.4 Å². The molecule has 1 aromatic heterocycles. The number of nitrogens with one attached hydrogen (secondary N) is 1. The van der Waals surface area contributed by atoms with Crippen molar-refractivity contribution in [2.45, 2.75) is 24.5 Å². The molecule has 166 valence electrons. The molecule has 8 nitrogen and oxygen atoms in total. The second-order valence-corrected chi connectivity index (χ2v) is 8.56. The molecule has 1 amide bonds. The maximum atomic E-state index is 12.9. The number of rotatable bonds is 8. The van der Waals surface area contributed by atoms with Crippen LogP contribution in [-0.2, 0) is 28.6 Å². The Kier molecular flexibility index (Phi) is 6.96. The molecule has 0 saturated heterocycles. The van der Waals surface area contributed by atoms with E-state index in [9.17, 15) is 9.00 Å². The fourth-order valence-corrected chi connectivity index (χ4v) is 4.33. The van der Waals surface area contributed by atoms with Crippen LogP contribution in [0.15, 0.2) is 66.3 Å². The Labute approximate surface area is 188 Å². The van der Waals surface area contributed by atoms with Gasteiger partial charge in [-0.05, 0) is 17.7 Å². The number of carbonyl (C=O) groups excluding carboxylic acids is 1. The molecular formula is C23H24N4O4S. The molecule has 1 aliphatic heterocycles. The van der Waals surface area contributed by atoms with Crippen LogP contribution in [0, 0.1) is 0 Å². The summed E-state index contributed by atoms with van der Waals surface area (Å²) in [4.78, 5) is 12.5. The van der Waals surface area contributed by atoms with Crippen molar-refractivity contribution in [2.75, 3.05) is 24.3 Å². The van der Waals surface area contributed by atoms with E-state index in [1.807, 2.05) is 30.3 Å². The zero-order valence-corrected chi connectivity index (χ0v) is 18.3. The molecule has 1 unspecified atom stereocenters. The second kappa shape index (κ2) is 10.2. The van der Waals surface area contributed by atoms with Gasteiger partial charge in [0.2, 0.25) is 11.1 Å². The summed E-state index contributed by atoms with van der Waals surface area (Å²) in [5.74, 6) is 1.26. The van der Waals surface area contributed by atoms with Crippen molar-refractivity contribution >= 4 is 22.4 Å². The molecule has 1 N–H and O–H groups in total. The van der Waals surface area contributed by atoms with E-state index < -0.39 is 16.7 Å². The molecule has 3 aromatic rings. The summed E-state index contributed by atoms with van der Waals surface area (Å²) in [6.07, 6.45) is 3.03. The van der Waals surface area contributed by atoms with Crippen LogP contribution >= 0.6 is 0 Å². The van der Waals surface area contributed by atoms with Crippen LogP contribution < -0.4 is 14.8 Å². The quantitative estimate of drug-likeness (QED) is 0.528. The number of aromatic nitrogens is 3. The fourth-order valence-electron chi connectivity index (χ4n) is 3.33. The molecule has 0 saturated carbocycles. The summed E-state index contributed by atoms with van der Waals surface area (Å²) in [6, 6.07) is 15.0. The minimum absolute atomic E-state index is 0.241. The van der Waals surface area contributed by atoms with Gasteiger partial charge in [0.1, 0.15) is 22.4 Å². The van der Waals surface area contributed by atoms with Gasteiger partial charge in [0, 0.05) is 31.1 Å². The molecule has 1 atom stereocenters. The van der Waals surface area contributed by atoms with E-state index in [0.29, 0.717) is 49.2 Å². The molecule has 2 aromatic carbocycles. The summed E-state index contributed by atoms with van der Waals surface area (Å²) in [5, 5.41) is 11.3. The summed E-state index contributed by atoms with van der Waals surface area (Å²) in [5.41, 5.74) is 1.61. The van der Waals surface area contributed by atoms with E-state index in [0.717, 1.165) is 12.0 Å². The number of ether oxygens (including phenoxy) is 2. The highest BCUT2D eigenvalue weighted by molar-refractivity contribution is 7.85. The molecule has 32 heavy (non-hydrogen) atoms. The number of allylic oxidation sites excluding steroid dienone is 1. The van der Waals surface area contributed by atoms with Crippen molar-refractivity contribution in [3.05, 3.63) is 72.6 Å². The average Bonchev–Trinajstić information content (AvgIpc) is 3.02. The molecule has 0 aliphatic carbocycles. The summed E-state index contributed by atoms with van der Waals surface area (Å²) < 4.78 is 25.9. The van der Waals surface area contributed by atoms with Gasteiger partial charge in [-0.25, -0.2) is 0 Å². The SMILES string of the molecule is C=CCn1c(Cc2ccccc2)nnc1S(=O)CC(=O)Nc1ccc2c(c1)OCCCO2. The van der Waals surface area contributed by atoms with Crippen molar-refractivity contribution in [3.8, 4) is 11.5 Å². The Morgan fingerprint density at radius 3 is 2.69 bits per heavy atom. The number of amides is 1. The normalized spacial score (nSPS) is 13.8. The van der Waals surface area contributed by atoms with Crippen LogP contribution in [0.4, 0.5) is 5.69 Å². The first kappa shape index (κ1) is 21.8. The Morgan fingerprint density at radius 1 is 1.12 bits per heavy atom. The van der Waals surface area contributed by atoms with Gasteiger partial charge in [-0.2, -0.15) is 0 Å². The van der Waals surface area contributed by atoms with Crippen molar-refractivity contribution in [1.82, 2.24) is 14.8 Å². The van der Waals surface area contributed by atoms with Crippen LogP contribution in [0.3, 0.4) is 0 Å². The van der Waals surface area contributed by atoms with Crippen LogP contribution in [-0.4, -0.2) is 43.8 Å². The molecule has 0 spiro atoms. The fraction of sp³-hybridized carbons (Fsp3) is 0.261. The summed E-state index contributed by atoms with van der Waals surface area (Å²) in [6.45, 7) is 5.32. The molecule has 0 fully saturated rings. The summed E-state index contributed by atoms with van der Waals surface area (Å²) in [7, 11) is -1.67. The van der Waals surface area contributed by atoms with Crippen molar-refractivity contribution < 1.29 is 18.5 Å². The lowest BCUT2D eigenvalue weighted by Crippen LogP contribution is -2.21. The first-order chi connectivity index (χ1) is 15.6. The third-order valence-electron chi connectivity index (χ3n) is 4.81. The molecule has 4 rings (SSSR count). The number of hydrogen-bond donors (Lipinski definition) is 1. The van der Waals surface area contributed by atoms with Gasteiger partial charge in [-0.15, -0.1) is 16.8 Å². The Morgan fingerprint density at radius 2 is 1.91 bits per heavy atom. The van der Waals surface area contributed by atoms with Crippen LogP contribution in [0.1, 0.15) is 17.8 Å². The Bertz CT molecular complexity index is 1130. The van der Waals surface area contributed by atoms with Gasteiger partial charge >= 0.3 is 0 Å². The van der Waals surface area contributed by atoms with Crippen molar-refractivity contribution in [2.24, 2.45) is 0 Å². The zero-order chi connectivity index (χ0) is 22.3. The average molecular weight is 453 g/mol. The highest BCUT2D eigenvalue weighted by atomic mass is 32.2. The largest absolute Gasteiger partial charge is 0.490 e. The number of hydrogen-bond acceptors (Lipinski definition) is 6. The molecule has 1 aliphatic rings. The smallest absolute Gasteiger partial charge is 0.237 e. The van der Waals surface area contributed by atoms with Crippen LogP contribution in [0.5, 0.6) is 11.5 Å². The van der Waals surface area contributed by atoms with E-state index in [-0.39, 0.29) is 10.9 Å². The second-order valence-electron chi connectivity index (χ2n) is 7.21. The highest BCUT2D eigenvalue weighted by Gasteiger charge is 2.20. The third-order valence-corrected chi connectivity index (χ3v) is 6.04. The Balaban J connectivity index is 1.44. The maximum Gasteiger partial charge on any atom is 0.237 e. The minimum atomic E-state index is -1.67. The number of carbonyl (C=O) groups is 1. The van der Waals surface area contributed by atoms with Gasteiger partial charge in [0.15, 0.2) is 11.5 Å². The first-order valence-corrected chi connectivity index (χ1v) is 11.6. The van der Waals surface area contributed by atoms with Crippen LogP contribution in [0.2, 0.25) is 0 Å². The molecule has 0 bridgehead atoms. The Hall–Kier alpha value is -3.46. The number of nitrogens with zero attached hydrogens (tertiary/aromatic N) is 3. The van der Waals surface area contributed by atoms with Crippen molar-refractivity contribution in [1.29, 1.82) is 0 Å². The highest BCUT2D eigenvalue weighted by Crippen LogP contribution is 2.32. The summed E-state index contributed by atoms with van der Waals surface area (Å²) >= 11 is 0. The van der Waals surface area contributed by atoms with Gasteiger partial charge in [0.25, 0.3) is 0 Å². The van der Waals surface area contributed by atoms with E-state index in [1.165, 1.54) is 0 Å². The standard InChI is InChI=1S/C23H24N4O4S/c1-2-11-27-21(14-17-7-4-3-5-8-17)25-26-23(27)32(29)16-22(28)24-18-9-10-19-20(15-18)31-13-6-12-30-19/h2-5,7-10,15H,1,6,11-14,16H2,(H,24,28). The van der Waals surface area contributed by atoms with Crippen molar-refractivity contribution in [3.63, 3.8) is 0 Å². The topological polar surface area (TPSA) is 95.3 Å².